The maximum Gasteiger partial charge on any atom is 0.418 e. The summed E-state index contributed by atoms with van der Waals surface area (Å²) in [6, 6.07) is 7.70. The monoisotopic (exact) mass is 386 g/mol. The van der Waals surface area contributed by atoms with Gasteiger partial charge in [0.15, 0.2) is 0 Å². The average molecular weight is 387 g/mol. The molecule has 2 aromatic carbocycles. The number of amides is 2. The summed E-state index contributed by atoms with van der Waals surface area (Å²) in [5.74, 6) is -2.10. The molecule has 9 heteroatoms. The molecule has 0 aliphatic carbocycles. The molecule has 0 bridgehead atoms. The first-order valence-electron chi connectivity index (χ1n) is 7.25. The smallest absolute Gasteiger partial charge is 0.418 e. The van der Waals surface area contributed by atoms with Crippen molar-refractivity contribution in [3.8, 4) is 5.75 Å². The first kappa shape index (κ1) is 19.6. The van der Waals surface area contributed by atoms with Crippen LogP contribution in [0.2, 0.25) is 5.02 Å². The number of hydrogen-bond donors (Lipinski definition) is 2. The molecule has 0 spiro atoms. The standard InChI is InChI=1S/C17H14ClF3N2O3/c1-9-3-6-14(26-2)13(7-9)23-16(25)15(24)22-12-5-4-10(18)8-11(12)17(19,20)21/h3-8H,1-2H3,(H,22,24)(H,23,25). The van der Waals surface area contributed by atoms with Crippen molar-refractivity contribution in [1.82, 2.24) is 0 Å². The molecular formula is C17H14ClF3N2O3. The average Bonchev–Trinajstić information content (AvgIpc) is 2.55. The first-order valence-corrected chi connectivity index (χ1v) is 7.63. The molecule has 0 aliphatic rings. The molecule has 0 saturated heterocycles. The maximum atomic E-state index is 13.0. The lowest BCUT2D eigenvalue weighted by atomic mass is 10.1. The lowest BCUT2D eigenvalue weighted by Gasteiger charge is -2.14. The van der Waals surface area contributed by atoms with Crippen LogP contribution in [0, 0.1) is 6.92 Å². The van der Waals surface area contributed by atoms with Gasteiger partial charge in [0, 0.05) is 5.02 Å². The molecule has 26 heavy (non-hydrogen) atoms. The molecule has 0 atom stereocenters. The molecule has 5 nitrogen and oxygen atoms in total. The summed E-state index contributed by atoms with van der Waals surface area (Å²) in [6.07, 6.45) is -4.75. The minimum absolute atomic E-state index is 0.149. The van der Waals surface area contributed by atoms with Gasteiger partial charge < -0.3 is 15.4 Å². The fourth-order valence-electron chi connectivity index (χ4n) is 2.14. The molecule has 2 rings (SSSR count). The number of rotatable bonds is 3. The number of carbonyl (C=O) groups excluding carboxylic acids is 2. The van der Waals surface area contributed by atoms with E-state index in [1.165, 1.54) is 13.2 Å². The lowest BCUT2D eigenvalue weighted by Crippen LogP contribution is -2.30. The largest absolute Gasteiger partial charge is 0.495 e. The van der Waals surface area contributed by atoms with Crippen LogP contribution in [0.5, 0.6) is 5.75 Å². The Bertz CT molecular complexity index is 854. The van der Waals surface area contributed by atoms with Gasteiger partial charge in [0.25, 0.3) is 0 Å². The van der Waals surface area contributed by atoms with Crippen LogP contribution < -0.4 is 15.4 Å². The van der Waals surface area contributed by atoms with E-state index in [0.717, 1.165) is 11.6 Å². The highest BCUT2D eigenvalue weighted by atomic mass is 35.5. The number of halogens is 4. The molecule has 0 saturated carbocycles. The van der Waals surface area contributed by atoms with Gasteiger partial charge in [-0.15, -0.1) is 0 Å². The van der Waals surface area contributed by atoms with Crippen LogP contribution in [0.4, 0.5) is 24.5 Å². The normalized spacial score (nSPS) is 11.0. The minimum atomic E-state index is -4.75. The Morgan fingerprint density at radius 1 is 1.00 bits per heavy atom. The zero-order valence-electron chi connectivity index (χ0n) is 13.7. The van der Waals surface area contributed by atoms with E-state index in [1.807, 2.05) is 5.32 Å². The summed E-state index contributed by atoms with van der Waals surface area (Å²) in [7, 11) is 1.38. The van der Waals surface area contributed by atoms with Crippen molar-refractivity contribution in [1.29, 1.82) is 0 Å². The van der Waals surface area contributed by atoms with E-state index >= 15 is 0 Å². The summed E-state index contributed by atoms with van der Waals surface area (Å²) in [6.45, 7) is 1.76. The van der Waals surface area contributed by atoms with Crippen molar-refractivity contribution in [2.45, 2.75) is 13.1 Å². The van der Waals surface area contributed by atoms with E-state index in [1.54, 1.807) is 25.1 Å². The number of benzene rings is 2. The Balaban J connectivity index is 2.21. The van der Waals surface area contributed by atoms with Crippen molar-refractivity contribution >= 4 is 34.8 Å². The number of ether oxygens (including phenoxy) is 1. The van der Waals surface area contributed by atoms with Gasteiger partial charge in [-0.1, -0.05) is 17.7 Å². The third kappa shape index (κ3) is 4.66. The molecule has 0 aromatic heterocycles. The molecule has 2 amide bonds. The lowest BCUT2D eigenvalue weighted by molar-refractivity contribution is -0.137. The number of alkyl halides is 3. The summed E-state index contributed by atoms with van der Waals surface area (Å²) >= 11 is 5.57. The Morgan fingerprint density at radius 3 is 2.19 bits per heavy atom. The Hall–Kier alpha value is -2.74. The summed E-state index contributed by atoms with van der Waals surface area (Å²) in [5.41, 5.74) is -0.712. The fraction of sp³-hybridized carbons (Fsp3) is 0.176. The molecule has 0 aliphatic heterocycles. The topological polar surface area (TPSA) is 67.4 Å². The molecule has 2 aromatic rings. The van der Waals surface area contributed by atoms with E-state index in [2.05, 4.69) is 5.32 Å². The third-order valence-corrected chi connectivity index (χ3v) is 3.58. The number of anilines is 2. The zero-order valence-corrected chi connectivity index (χ0v) is 14.5. The maximum absolute atomic E-state index is 13.0. The van der Waals surface area contributed by atoms with Crippen LogP contribution in [0.3, 0.4) is 0 Å². The van der Waals surface area contributed by atoms with Gasteiger partial charge in [-0.25, -0.2) is 0 Å². The highest BCUT2D eigenvalue weighted by Gasteiger charge is 2.34. The number of methoxy groups -OCH3 is 1. The predicted molar refractivity (Wildman–Crippen MR) is 91.4 cm³/mol. The second-order valence-corrected chi connectivity index (χ2v) is 5.74. The molecule has 2 N–H and O–H groups in total. The zero-order chi connectivity index (χ0) is 19.5. The Labute approximate surface area is 152 Å². The summed E-state index contributed by atoms with van der Waals surface area (Å²) in [5, 5.41) is 4.11. The van der Waals surface area contributed by atoms with E-state index in [9.17, 15) is 22.8 Å². The Morgan fingerprint density at radius 2 is 1.62 bits per heavy atom. The molecule has 0 radical (unpaired) electrons. The van der Waals surface area contributed by atoms with Gasteiger partial charge in [-0.05, 0) is 42.8 Å². The van der Waals surface area contributed by atoms with Crippen LogP contribution >= 0.6 is 11.6 Å². The van der Waals surface area contributed by atoms with E-state index in [-0.39, 0.29) is 10.7 Å². The van der Waals surface area contributed by atoms with E-state index in [0.29, 0.717) is 11.8 Å². The van der Waals surface area contributed by atoms with Crippen molar-refractivity contribution in [2.24, 2.45) is 0 Å². The number of nitrogens with one attached hydrogen (secondary N) is 2. The third-order valence-electron chi connectivity index (χ3n) is 3.34. The van der Waals surface area contributed by atoms with Crippen molar-refractivity contribution in [3.05, 3.63) is 52.5 Å². The molecule has 0 fully saturated rings. The van der Waals surface area contributed by atoms with Gasteiger partial charge in [-0.2, -0.15) is 13.2 Å². The molecular weight excluding hydrogens is 373 g/mol. The quantitative estimate of drug-likeness (QED) is 0.775. The Kier molecular flexibility index (Phi) is 5.76. The van der Waals surface area contributed by atoms with Gasteiger partial charge in [0.1, 0.15) is 5.75 Å². The van der Waals surface area contributed by atoms with Crippen LogP contribution in [0.1, 0.15) is 11.1 Å². The molecule has 138 valence electrons. The highest BCUT2D eigenvalue weighted by Crippen LogP contribution is 2.36. The van der Waals surface area contributed by atoms with Gasteiger partial charge in [-0.3, -0.25) is 9.59 Å². The second-order valence-electron chi connectivity index (χ2n) is 5.30. The summed E-state index contributed by atoms with van der Waals surface area (Å²) < 4.78 is 44.2. The van der Waals surface area contributed by atoms with Crippen molar-refractivity contribution < 1.29 is 27.5 Å². The number of carbonyl (C=O) groups is 2. The SMILES string of the molecule is COc1ccc(C)cc1NC(=O)C(=O)Nc1ccc(Cl)cc1C(F)(F)F. The van der Waals surface area contributed by atoms with Crippen molar-refractivity contribution in [3.63, 3.8) is 0 Å². The van der Waals surface area contributed by atoms with Gasteiger partial charge in [0.2, 0.25) is 0 Å². The van der Waals surface area contributed by atoms with Gasteiger partial charge >= 0.3 is 18.0 Å². The number of aryl methyl sites for hydroxylation is 1. The molecule has 0 unspecified atom stereocenters. The van der Waals surface area contributed by atoms with Crippen LogP contribution in [0.25, 0.3) is 0 Å². The summed E-state index contributed by atoms with van der Waals surface area (Å²) in [4.78, 5) is 24.0. The van der Waals surface area contributed by atoms with Crippen molar-refractivity contribution in [2.75, 3.05) is 17.7 Å². The van der Waals surface area contributed by atoms with Gasteiger partial charge in [0.05, 0.1) is 24.0 Å². The number of hydrogen-bond acceptors (Lipinski definition) is 3. The highest BCUT2D eigenvalue weighted by molar-refractivity contribution is 6.44. The van der Waals surface area contributed by atoms with Crippen LogP contribution in [-0.4, -0.2) is 18.9 Å². The first-order chi connectivity index (χ1) is 12.1. The van der Waals surface area contributed by atoms with Crippen LogP contribution in [-0.2, 0) is 15.8 Å². The minimum Gasteiger partial charge on any atom is -0.495 e. The predicted octanol–water partition coefficient (Wildman–Crippen LogP) is 4.25. The van der Waals surface area contributed by atoms with E-state index < -0.39 is 29.2 Å². The second kappa shape index (κ2) is 7.65. The fourth-order valence-corrected chi connectivity index (χ4v) is 2.31. The molecule has 0 heterocycles. The van der Waals surface area contributed by atoms with Crippen LogP contribution in [0.15, 0.2) is 36.4 Å². The van der Waals surface area contributed by atoms with E-state index in [4.69, 9.17) is 16.3 Å².